The van der Waals surface area contributed by atoms with E-state index in [9.17, 15) is 14.2 Å². The van der Waals surface area contributed by atoms with Gasteiger partial charge in [0.25, 0.3) is 0 Å². The van der Waals surface area contributed by atoms with Crippen molar-refractivity contribution in [1.29, 1.82) is 0 Å². The van der Waals surface area contributed by atoms with Crippen molar-refractivity contribution < 1.29 is 27.9 Å². The number of ether oxygens (including phenoxy) is 1. The van der Waals surface area contributed by atoms with E-state index in [4.69, 9.17) is 13.8 Å². The molecule has 0 saturated heterocycles. The van der Waals surface area contributed by atoms with Crippen LogP contribution in [0.1, 0.15) is 27.7 Å². The Morgan fingerprint density at radius 3 is 2.19 bits per heavy atom. The molecule has 8 heteroatoms. The number of hydrogen-bond acceptors (Lipinski definition) is 6. The van der Waals surface area contributed by atoms with Crippen molar-refractivity contribution >= 4 is 20.0 Å². The molecule has 0 saturated carbocycles. The number of esters is 1. The Kier molecular flexibility index (Phi) is 9.95. The van der Waals surface area contributed by atoms with Crippen molar-refractivity contribution in [2.24, 2.45) is 0 Å². The smallest absolute Gasteiger partial charge is 0.334 e. The van der Waals surface area contributed by atoms with Gasteiger partial charge in [-0.3, -0.25) is 9.36 Å². The molecule has 0 spiro atoms. The van der Waals surface area contributed by atoms with Crippen LogP contribution in [0.25, 0.3) is 0 Å². The molecule has 0 aliphatic heterocycles. The minimum atomic E-state index is -3.22. The standard InChI is InChI=1S/C13H24NO6P/c1-5-18-13(16)12(14-10-15)11(4)8-9-21(17,19-6-2)20-7-3/h8,10,12H,5-7,9H2,1-4H3,(H,14,15). The largest absolute Gasteiger partial charge is 0.464 e. The molecular weight excluding hydrogens is 297 g/mol. The predicted octanol–water partition coefficient (Wildman–Crippen LogP) is 1.88. The SMILES string of the molecule is CCOC(=O)C(NC=O)C(C)=CCP(=O)(OCC)OCC. The van der Waals surface area contributed by atoms with E-state index in [1.54, 1.807) is 33.8 Å². The van der Waals surface area contributed by atoms with Crippen LogP contribution in [0.2, 0.25) is 0 Å². The quantitative estimate of drug-likeness (QED) is 0.270. The summed E-state index contributed by atoms with van der Waals surface area (Å²) in [5.74, 6) is -0.569. The number of nitrogens with one attached hydrogen (secondary N) is 1. The maximum atomic E-state index is 12.3. The molecule has 0 rings (SSSR count). The van der Waals surface area contributed by atoms with Crippen LogP contribution in [-0.2, 0) is 27.9 Å². The summed E-state index contributed by atoms with van der Waals surface area (Å²) >= 11 is 0. The first kappa shape index (κ1) is 19.8. The van der Waals surface area contributed by atoms with Crippen LogP contribution in [0, 0.1) is 0 Å². The maximum absolute atomic E-state index is 12.3. The molecule has 0 aromatic rings. The van der Waals surface area contributed by atoms with Gasteiger partial charge in [-0.15, -0.1) is 0 Å². The number of carbonyl (C=O) groups is 2. The highest BCUT2D eigenvalue weighted by molar-refractivity contribution is 7.54. The van der Waals surface area contributed by atoms with Gasteiger partial charge in [0, 0.05) is 0 Å². The molecule has 0 radical (unpaired) electrons. The highest BCUT2D eigenvalue weighted by Gasteiger charge is 2.25. The zero-order valence-corrected chi connectivity index (χ0v) is 13.9. The normalized spacial score (nSPS) is 13.6. The minimum Gasteiger partial charge on any atom is -0.464 e. The fourth-order valence-corrected chi connectivity index (χ4v) is 3.17. The van der Waals surface area contributed by atoms with Crippen molar-refractivity contribution in [3.8, 4) is 0 Å². The van der Waals surface area contributed by atoms with Gasteiger partial charge in [-0.05, 0) is 33.3 Å². The Labute approximate surface area is 125 Å². The molecule has 1 unspecified atom stereocenters. The highest BCUT2D eigenvalue weighted by atomic mass is 31.2. The highest BCUT2D eigenvalue weighted by Crippen LogP contribution is 2.48. The lowest BCUT2D eigenvalue weighted by molar-refractivity contribution is -0.145. The van der Waals surface area contributed by atoms with Gasteiger partial charge in [0.05, 0.1) is 26.0 Å². The Morgan fingerprint density at radius 1 is 1.19 bits per heavy atom. The predicted molar refractivity (Wildman–Crippen MR) is 79.1 cm³/mol. The molecule has 0 aliphatic rings. The molecule has 21 heavy (non-hydrogen) atoms. The molecule has 1 amide bonds. The van der Waals surface area contributed by atoms with Crippen molar-refractivity contribution in [2.45, 2.75) is 33.7 Å². The van der Waals surface area contributed by atoms with Crippen molar-refractivity contribution in [2.75, 3.05) is 26.0 Å². The molecule has 0 aliphatic carbocycles. The Balaban J connectivity index is 4.97. The van der Waals surface area contributed by atoms with E-state index in [2.05, 4.69) is 5.32 Å². The molecule has 7 nitrogen and oxygen atoms in total. The minimum absolute atomic E-state index is 0.0248. The number of allylic oxidation sites excluding steroid dienone is 1. The summed E-state index contributed by atoms with van der Waals surface area (Å²) in [7, 11) is -3.22. The van der Waals surface area contributed by atoms with E-state index in [1.807, 2.05) is 0 Å². The molecule has 122 valence electrons. The van der Waals surface area contributed by atoms with E-state index < -0.39 is 19.6 Å². The van der Waals surface area contributed by atoms with Crippen molar-refractivity contribution in [3.05, 3.63) is 11.6 Å². The maximum Gasteiger partial charge on any atom is 0.334 e. The van der Waals surface area contributed by atoms with Gasteiger partial charge in [0.15, 0.2) is 0 Å². The Morgan fingerprint density at radius 2 is 1.76 bits per heavy atom. The van der Waals surface area contributed by atoms with Crippen molar-refractivity contribution in [1.82, 2.24) is 5.32 Å². The monoisotopic (exact) mass is 321 g/mol. The summed E-state index contributed by atoms with van der Waals surface area (Å²) < 4.78 is 27.5. The van der Waals surface area contributed by atoms with E-state index in [1.165, 1.54) is 0 Å². The van der Waals surface area contributed by atoms with Gasteiger partial charge in [0.2, 0.25) is 6.41 Å². The van der Waals surface area contributed by atoms with E-state index >= 15 is 0 Å². The lowest BCUT2D eigenvalue weighted by Crippen LogP contribution is -2.38. The molecule has 0 aromatic carbocycles. The van der Waals surface area contributed by atoms with Gasteiger partial charge < -0.3 is 19.1 Å². The summed E-state index contributed by atoms with van der Waals surface area (Å²) in [6.45, 7) is 7.48. The van der Waals surface area contributed by atoms with Crippen LogP contribution in [0.3, 0.4) is 0 Å². The fourth-order valence-electron chi connectivity index (χ4n) is 1.59. The van der Waals surface area contributed by atoms with Crippen LogP contribution in [0.15, 0.2) is 11.6 Å². The van der Waals surface area contributed by atoms with Gasteiger partial charge in [0.1, 0.15) is 6.04 Å². The van der Waals surface area contributed by atoms with Crippen LogP contribution in [-0.4, -0.2) is 44.4 Å². The van der Waals surface area contributed by atoms with Gasteiger partial charge >= 0.3 is 13.6 Å². The van der Waals surface area contributed by atoms with Crippen LogP contribution in [0.5, 0.6) is 0 Å². The zero-order valence-electron chi connectivity index (χ0n) is 13.0. The topological polar surface area (TPSA) is 90.9 Å². The first-order chi connectivity index (χ1) is 9.94. The average molecular weight is 321 g/mol. The van der Waals surface area contributed by atoms with E-state index in [-0.39, 0.29) is 26.0 Å². The van der Waals surface area contributed by atoms with Gasteiger partial charge in [-0.25, -0.2) is 4.79 Å². The molecule has 0 bridgehead atoms. The molecule has 1 atom stereocenters. The molecule has 0 aromatic heterocycles. The second-order valence-corrected chi connectivity index (χ2v) is 6.15. The van der Waals surface area contributed by atoms with Crippen LogP contribution in [0.4, 0.5) is 0 Å². The van der Waals surface area contributed by atoms with Gasteiger partial charge in [-0.2, -0.15) is 0 Å². The molecule has 1 N–H and O–H groups in total. The average Bonchev–Trinajstić information content (AvgIpc) is 2.43. The van der Waals surface area contributed by atoms with E-state index in [0.717, 1.165) is 0 Å². The van der Waals surface area contributed by atoms with E-state index in [0.29, 0.717) is 12.0 Å². The summed E-state index contributed by atoms with van der Waals surface area (Å²) in [6, 6.07) is -0.904. The lowest BCUT2D eigenvalue weighted by Gasteiger charge is -2.18. The number of rotatable bonds is 11. The first-order valence-electron chi connectivity index (χ1n) is 6.85. The third-order valence-electron chi connectivity index (χ3n) is 2.50. The number of amides is 1. The Bertz CT molecular complexity index is 399. The number of carbonyl (C=O) groups excluding carboxylic acids is 2. The molecule has 0 fully saturated rings. The third-order valence-corrected chi connectivity index (χ3v) is 4.43. The van der Waals surface area contributed by atoms with Crippen LogP contribution < -0.4 is 5.32 Å². The molecular formula is C13H24NO6P. The third kappa shape index (κ3) is 7.41. The lowest BCUT2D eigenvalue weighted by atomic mass is 10.1. The zero-order chi connectivity index (χ0) is 16.3. The summed E-state index contributed by atoms with van der Waals surface area (Å²) in [5, 5.41) is 2.37. The molecule has 0 heterocycles. The second-order valence-electron chi connectivity index (χ2n) is 4.05. The van der Waals surface area contributed by atoms with Crippen LogP contribution >= 0.6 is 7.60 Å². The first-order valence-corrected chi connectivity index (χ1v) is 8.57. The fraction of sp³-hybridized carbons (Fsp3) is 0.692. The number of hydrogen-bond donors (Lipinski definition) is 1. The second kappa shape index (κ2) is 10.5. The van der Waals surface area contributed by atoms with Crippen molar-refractivity contribution in [3.63, 3.8) is 0 Å². The summed E-state index contributed by atoms with van der Waals surface area (Å²) in [4.78, 5) is 22.3. The summed E-state index contributed by atoms with van der Waals surface area (Å²) in [6.07, 6.45) is 2.00. The Hall–Kier alpha value is -1.17. The van der Waals surface area contributed by atoms with Gasteiger partial charge in [-0.1, -0.05) is 6.08 Å². The summed E-state index contributed by atoms with van der Waals surface area (Å²) in [5.41, 5.74) is 0.514.